The Morgan fingerprint density at radius 3 is 2.42 bits per heavy atom. The lowest BCUT2D eigenvalue weighted by Gasteiger charge is -2.27. The average molecular weight is 350 g/mol. The minimum Gasteiger partial charge on any atom is -0.368 e. The van der Waals surface area contributed by atoms with Gasteiger partial charge in [-0.15, -0.1) is 0 Å². The second kappa shape index (κ2) is 7.00. The molecule has 19 heavy (non-hydrogen) atoms. The average Bonchev–Trinajstić information content (AvgIpc) is 2.34. The second-order valence-corrected chi connectivity index (χ2v) is 6.37. The number of aromatic nitrogens is 2. The van der Waals surface area contributed by atoms with Crippen molar-refractivity contribution in [2.24, 2.45) is 5.92 Å². The molecule has 0 spiro atoms. The van der Waals surface area contributed by atoms with Crippen LogP contribution in [-0.2, 0) is 16.8 Å². The summed E-state index contributed by atoms with van der Waals surface area (Å²) < 4.78 is 6.61. The van der Waals surface area contributed by atoms with E-state index in [-0.39, 0.29) is 0 Å². The van der Waals surface area contributed by atoms with Crippen LogP contribution >= 0.6 is 27.5 Å². The van der Waals surface area contributed by atoms with Gasteiger partial charge in [-0.05, 0) is 48.5 Å². The van der Waals surface area contributed by atoms with Gasteiger partial charge in [0.25, 0.3) is 0 Å². The molecule has 0 saturated carbocycles. The van der Waals surface area contributed by atoms with Crippen LogP contribution < -0.4 is 0 Å². The molecule has 0 fully saturated rings. The number of rotatable bonds is 6. The van der Waals surface area contributed by atoms with Gasteiger partial charge in [0, 0.05) is 6.61 Å². The number of ether oxygens (including phenoxy) is 1. The van der Waals surface area contributed by atoms with Crippen LogP contribution in [0, 0.1) is 5.92 Å². The third-order valence-electron chi connectivity index (χ3n) is 3.09. The van der Waals surface area contributed by atoms with E-state index in [0.717, 1.165) is 23.0 Å². The molecule has 1 unspecified atom stereocenters. The summed E-state index contributed by atoms with van der Waals surface area (Å²) in [5, 5.41) is 0.458. The fraction of sp³-hybridized carbons (Fsp3) is 0.714. The largest absolute Gasteiger partial charge is 0.368 e. The van der Waals surface area contributed by atoms with Crippen molar-refractivity contribution in [3.05, 3.63) is 21.1 Å². The maximum absolute atomic E-state index is 6.21. The first kappa shape index (κ1) is 16.9. The molecule has 108 valence electrons. The minimum absolute atomic E-state index is 0.458. The summed E-state index contributed by atoms with van der Waals surface area (Å²) in [6.45, 7) is 11.0. The second-order valence-electron chi connectivity index (χ2n) is 5.21. The number of hydrogen-bond acceptors (Lipinski definition) is 3. The lowest BCUT2D eigenvalue weighted by atomic mass is 10.0. The molecule has 1 aromatic heterocycles. The van der Waals surface area contributed by atoms with Gasteiger partial charge in [0.1, 0.15) is 10.8 Å². The normalized spacial score (nSPS) is 14.7. The van der Waals surface area contributed by atoms with E-state index in [1.165, 1.54) is 0 Å². The Morgan fingerprint density at radius 1 is 1.32 bits per heavy atom. The third-order valence-corrected chi connectivity index (χ3v) is 4.43. The molecule has 0 amide bonds. The van der Waals surface area contributed by atoms with Crippen LogP contribution in [-0.4, -0.2) is 16.6 Å². The van der Waals surface area contributed by atoms with Crippen LogP contribution in [0.15, 0.2) is 4.47 Å². The smallest absolute Gasteiger partial charge is 0.161 e. The van der Waals surface area contributed by atoms with Gasteiger partial charge >= 0.3 is 0 Å². The Labute approximate surface area is 129 Å². The fourth-order valence-corrected chi connectivity index (χ4v) is 2.39. The van der Waals surface area contributed by atoms with Gasteiger partial charge in [-0.1, -0.05) is 32.4 Å². The number of hydrogen-bond donors (Lipinski definition) is 0. The van der Waals surface area contributed by atoms with E-state index >= 15 is 0 Å². The van der Waals surface area contributed by atoms with Crippen LogP contribution in [0.5, 0.6) is 0 Å². The summed E-state index contributed by atoms with van der Waals surface area (Å²) >= 11 is 9.68. The van der Waals surface area contributed by atoms with Gasteiger partial charge in [-0.3, -0.25) is 0 Å². The fourth-order valence-electron chi connectivity index (χ4n) is 1.86. The highest BCUT2D eigenvalue weighted by atomic mass is 79.9. The van der Waals surface area contributed by atoms with Gasteiger partial charge in [0.05, 0.1) is 10.2 Å². The molecule has 1 rings (SSSR count). The van der Waals surface area contributed by atoms with Crippen molar-refractivity contribution in [2.45, 2.75) is 53.1 Å². The van der Waals surface area contributed by atoms with Crippen LogP contribution in [0.2, 0.25) is 5.15 Å². The number of halogens is 2. The zero-order valence-electron chi connectivity index (χ0n) is 12.3. The first-order chi connectivity index (χ1) is 8.84. The molecule has 1 aromatic rings. The van der Waals surface area contributed by atoms with Crippen molar-refractivity contribution in [3.8, 4) is 0 Å². The van der Waals surface area contributed by atoms with Crippen molar-refractivity contribution in [1.82, 2.24) is 9.97 Å². The molecule has 1 heterocycles. The summed E-state index contributed by atoms with van der Waals surface area (Å²) in [5.74, 6) is 1.18. The SMILES string of the molecule is CCOC(C)(CC)c1nc(Cl)c(Br)c(CC(C)C)n1. The standard InChI is InChI=1S/C14H22BrClN2O/c1-6-14(5,19-7-2)13-17-10(8-9(3)4)11(15)12(16)18-13/h9H,6-8H2,1-5H3. The molecule has 0 saturated heterocycles. The molecule has 0 radical (unpaired) electrons. The van der Waals surface area contributed by atoms with Crippen LogP contribution in [0.4, 0.5) is 0 Å². The third kappa shape index (κ3) is 4.14. The summed E-state index contributed by atoms with van der Waals surface area (Å²) in [6, 6.07) is 0. The first-order valence-corrected chi connectivity index (χ1v) is 7.87. The molecule has 0 aliphatic carbocycles. The quantitative estimate of drug-likeness (QED) is 0.695. The van der Waals surface area contributed by atoms with Gasteiger partial charge < -0.3 is 4.74 Å². The molecular formula is C14H22BrClN2O. The molecule has 3 nitrogen and oxygen atoms in total. The Balaban J connectivity index is 3.25. The van der Waals surface area contributed by atoms with E-state index in [1.54, 1.807) is 0 Å². The van der Waals surface area contributed by atoms with Crippen molar-refractivity contribution in [3.63, 3.8) is 0 Å². The van der Waals surface area contributed by atoms with Gasteiger partial charge in [0.2, 0.25) is 0 Å². The Bertz CT molecular complexity index is 440. The highest BCUT2D eigenvalue weighted by molar-refractivity contribution is 9.10. The topological polar surface area (TPSA) is 35.0 Å². The van der Waals surface area contributed by atoms with Crippen molar-refractivity contribution >= 4 is 27.5 Å². The number of nitrogens with zero attached hydrogens (tertiary/aromatic N) is 2. The van der Waals surface area contributed by atoms with Crippen LogP contribution in [0.1, 0.15) is 52.6 Å². The minimum atomic E-state index is -0.481. The van der Waals surface area contributed by atoms with E-state index in [2.05, 4.69) is 46.7 Å². The zero-order chi connectivity index (χ0) is 14.6. The molecule has 1 atom stereocenters. The van der Waals surface area contributed by atoms with E-state index in [0.29, 0.717) is 23.5 Å². The summed E-state index contributed by atoms with van der Waals surface area (Å²) in [6.07, 6.45) is 1.67. The molecule has 0 bridgehead atoms. The Morgan fingerprint density at radius 2 is 1.95 bits per heavy atom. The molecule has 0 N–H and O–H groups in total. The molecule has 5 heteroatoms. The monoisotopic (exact) mass is 348 g/mol. The van der Waals surface area contributed by atoms with Crippen molar-refractivity contribution in [1.29, 1.82) is 0 Å². The molecule has 0 aliphatic heterocycles. The zero-order valence-corrected chi connectivity index (χ0v) is 14.6. The van der Waals surface area contributed by atoms with E-state index in [9.17, 15) is 0 Å². The predicted octanol–water partition coefficient (Wildman–Crippen LogP) is 4.75. The van der Waals surface area contributed by atoms with E-state index in [4.69, 9.17) is 16.3 Å². The maximum Gasteiger partial charge on any atom is 0.161 e. The first-order valence-electron chi connectivity index (χ1n) is 6.70. The lowest BCUT2D eigenvalue weighted by Crippen LogP contribution is -2.28. The Kier molecular flexibility index (Phi) is 6.21. The van der Waals surface area contributed by atoms with Gasteiger partial charge in [0.15, 0.2) is 5.82 Å². The molecule has 0 aliphatic rings. The summed E-state index contributed by atoms with van der Waals surface area (Å²) in [4.78, 5) is 9.05. The Hall–Kier alpha value is -0.190. The summed E-state index contributed by atoms with van der Waals surface area (Å²) in [7, 11) is 0. The van der Waals surface area contributed by atoms with Crippen LogP contribution in [0.25, 0.3) is 0 Å². The van der Waals surface area contributed by atoms with Gasteiger partial charge in [-0.25, -0.2) is 9.97 Å². The van der Waals surface area contributed by atoms with E-state index in [1.807, 2.05) is 13.8 Å². The van der Waals surface area contributed by atoms with Crippen molar-refractivity contribution < 1.29 is 4.74 Å². The summed E-state index contributed by atoms with van der Waals surface area (Å²) in [5.41, 5.74) is 0.467. The van der Waals surface area contributed by atoms with E-state index < -0.39 is 5.60 Å². The highest BCUT2D eigenvalue weighted by Gasteiger charge is 2.30. The predicted molar refractivity (Wildman–Crippen MR) is 82.6 cm³/mol. The maximum atomic E-state index is 6.21. The van der Waals surface area contributed by atoms with Crippen molar-refractivity contribution in [2.75, 3.05) is 6.61 Å². The lowest BCUT2D eigenvalue weighted by molar-refractivity contribution is -0.0392. The molecule has 0 aromatic carbocycles. The highest BCUT2D eigenvalue weighted by Crippen LogP contribution is 2.31. The van der Waals surface area contributed by atoms with Gasteiger partial charge in [-0.2, -0.15) is 0 Å². The van der Waals surface area contributed by atoms with Crippen LogP contribution in [0.3, 0.4) is 0 Å². The molecular weight excluding hydrogens is 328 g/mol.